The van der Waals surface area contributed by atoms with Crippen molar-refractivity contribution >= 4 is 22.9 Å². The van der Waals surface area contributed by atoms with Gasteiger partial charge in [-0.15, -0.1) is 0 Å². The number of thiocarbonyl (C=S) groups is 1. The van der Waals surface area contributed by atoms with Crippen LogP contribution < -0.4 is 10.6 Å². The van der Waals surface area contributed by atoms with Crippen molar-refractivity contribution in [1.82, 2.24) is 0 Å². The second-order valence-electron chi connectivity index (χ2n) is 5.23. The lowest BCUT2D eigenvalue weighted by Crippen LogP contribution is -2.32. The molecule has 110 valence electrons. The molecule has 2 aromatic carbocycles. The quantitative estimate of drug-likeness (QED) is 0.850. The van der Waals surface area contributed by atoms with Gasteiger partial charge in [-0.25, -0.2) is 4.39 Å². The summed E-state index contributed by atoms with van der Waals surface area (Å²) in [7, 11) is 0. The number of nitrogens with two attached hydrogens (primary N) is 1. The molecule has 2 rings (SSSR count). The van der Waals surface area contributed by atoms with Gasteiger partial charge in [0.05, 0.1) is 0 Å². The molecule has 0 aromatic heterocycles. The lowest BCUT2D eigenvalue weighted by Gasteiger charge is -2.31. The first-order valence-corrected chi connectivity index (χ1v) is 7.30. The zero-order valence-electron chi connectivity index (χ0n) is 12.2. The topological polar surface area (TPSA) is 29.3 Å². The summed E-state index contributed by atoms with van der Waals surface area (Å²) >= 11 is 5.06. The van der Waals surface area contributed by atoms with Crippen LogP contribution in [-0.2, 0) is 6.54 Å². The minimum Gasteiger partial charge on any atom is -0.389 e. The fourth-order valence-electron chi connectivity index (χ4n) is 2.28. The standard InChI is InChI=1S/C17H19FN2S/c1-12(2)20(11-13-6-4-3-5-7-13)16-9-8-14(18)10-15(16)17(19)21/h3-10,12H,11H2,1-2H3,(H2,19,21). The van der Waals surface area contributed by atoms with E-state index in [1.807, 2.05) is 18.2 Å². The zero-order chi connectivity index (χ0) is 15.4. The van der Waals surface area contributed by atoms with Gasteiger partial charge in [0.25, 0.3) is 0 Å². The van der Waals surface area contributed by atoms with E-state index in [2.05, 4.69) is 30.9 Å². The largest absolute Gasteiger partial charge is 0.389 e. The molecule has 0 saturated heterocycles. The van der Waals surface area contributed by atoms with Crippen LogP contribution in [-0.4, -0.2) is 11.0 Å². The highest BCUT2D eigenvalue weighted by molar-refractivity contribution is 7.80. The van der Waals surface area contributed by atoms with Crippen molar-refractivity contribution < 1.29 is 4.39 Å². The molecule has 4 heteroatoms. The molecule has 0 aliphatic heterocycles. The maximum Gasteiger partial charge on any atom is 0.124 e. The SMILES string of the molecule is CC(C)N(Cc1ccccc1)c1ccc(F)cc1C(N)=S. The Morgan fingerprint density at radius 2 is 1.86 bits per heavy atom. The monoisotopic (exact) mass is 302 g/mol. The van der Waals surface area contributed by atoms with Crippen LogP contribution in [0.2, 0.25) is 0 Å². The Hall–Kier alpha value is -1.94. The van der Waals surface area contributed by atoms with Crippen molar-refractivity contribution in [3.05, 3.63) is 65.5 Å². The van der Waals surface area contributed by atoms with Crippen LogP contribution in [0.3, 0.4) is 0 Å². The van der Waals surface area contributed by atoms with Gasteiger partial charge in [-0.2, -0.15) is 0 Å². The number of hydrogen-bond acceptors (Lipinski definition) is 2. The van der Waals surface area contributed by atoms with Gasteiger partial charge >= 0.3 is 0 Å². The molecule has 0 heterocycles. The molecule has 0 atom stereocenters. The Balaban J connectivity index is 2.41. The van der Waals surface area contributed by atoms with E-state index in [1.54, 1.807) is 6.07 Å². The molecule has 0 saturated carbocycles. The van der Waals surface area contributed by atoms with E-state index in [0.717, 1.165) is 12.2 Å². The molecule has 21 heavy (non-hydrogen) atoms. The number of halogens is 1. The third-order valence-electron chi connectivity index (χ3n) is 3.35. The number of benzene rings is 2. The molecule has 0 amide bonds. The molecule has 0 radical (unpaired) electrons. The summed E-state index contributed by atoms with van der Waals surface area (Å²) in [6.07, 6.45) is 0. The first-order chi connectivity index (χ1) is 9.99. The van der Waals surface area contributed by atoms with Gasteiger partial charge in [-0.05, 0) is 37.6 Å². The minimum absolute atomic E-state index is 0.211. The van der Waals surface area contributed by atoms with Crippen molar-refractivity contribution in [2.24, 2.45) is 5.73 Å². The number of nitrogens with zero attached hydrogens (tertiary/aromatic N) is 1. The highest BCUT2D eigenvalue weighted by atomic mass is 32.1. The number of anilines is 1. The summed E-state index contributed by atoms with van der Waals surface area (Å²) in [5.74, 6) is -0.329. The summed E-state index contributed by atoms with van der Waals surface area (Å²) < 4.78 is 13.5. The van der Waals surface area contributed by atoms with E-state index in [-0.39, 0.29) is 16.8 Å². The Morgan fingerprint density at radius 1 is 1.19 bits per heavy atom. The minimum atomic E-state index is -0.329. The van der Waals surface area contributed by atoms with Gasteiger partial charge in [0.15, 0.2) is 0 Å². The maximum atomic E-state index is 13.5. The molecule has 0 fully saturated rings. The molecule has 0 bridgehead atoms. The number of hydrogen-bond donors (Lipinski definition) is 1. The van der Waals surface area contributed by atoms with E-state index in [1.165, 1.54) is 17.7 Å². The second-order valence-corrected chi connectivity index (χ2v) is 5.67. The fraction of sp³-hybridized carbons (Fsp3) is 0.235. The molecule has 0 aliphatic rings. The summed E-state index contributed by atoms with van der Waals surface area (Å²) in [5.41, 5.74) is 8.38. The average Bonchev–Trinajstić information content (AvgIpc) is 2.46. The Morgan fingerprint density at radius 3 is 2.43 bits per heavy atom. The Kier molecular flexibility index (Phi) is 4.91. The third kappa shape index (κ3) is 3.79. The van der Waals surface area contributed by atoms with Crippen molar-refractivity contribution in [2.45, 2.75) is 26.4 Å². The van der Waals surface area contributed by atoms with Crippen molar-refractivity contribution in [2.75, 3.05) is 4.90 Å². The molecular weight excluding hydrogens is 283 g/mol. The van der Waals surface area contributed by atoms with Crippen LogP contribution in [0, 0.1) is 5.82 Å². The van der Waals surface area contributed by atoms with Crippen molar-refractivity contribution in [3.8, 4) is 0 Å². The van der Waals surface area contributed by atoms with E-state index in [4.69, 9.17) is 18.0 Å². The Bertz CT molecular complexity index is 626. The van der Waals surface area contributed by atoms with Crippen molar-refractivity contribution in [1.29, 1.82) is 0 Å². The number of rotatable bonds is 5. The van der Waals surface area contributed by atoms with Gasteiger partial charge in [0, 0.05) is 23.8 Å². The first-order valence-electron chi connectivity index (χ1n) is 6.89. The fourth-order valence-corrected chi connectivity index (χ4v) is 2.45. The highest BCUT2D eigenvalue weighted by Crippen LogP contribution is 2.25. The normalized spacial score (nSPS) is 10.7. The van der Waals surface area contributed by atoms with Gasteiger partial charge in [-0.1, -0.05) is 42.5 Å². The van der Waals surface area contributed by atoms with E-state index >= 15 is 0 Å². The predicted octanol–water partition coefficient (Wildman–Crippen LogP) is 3.87. The molecule has 2 N–H and O–H groups in total. The van der Waals surface area contributed by atoms with Gasteiger partial charge in [0.2, 0.25) is 0 Å². The third-order valence-corrected chi connectivity index (χ3v) is 3.57. The molecule has 2 nitrogen and oxygen atoms in total. The van der Waals surface area contributed by atoms with Crippen LogP contribution in [0.1, 0.15) is 25.0 Å². The highest BCUT2D eigenvalue weighted by Gasteiger charge is 2.17. The van der Waals surface area contributed by atoms with Gasteiger partial charge in [0.1, 0.15) is 10.8 Å². The average molecular weight is 302 g/mol. The lowest BCUT2D eigenvalue weighted by molar-refractivity contribution is 0.625. The van der Waals surface area contributed by atoms with E-state index in [0.29, 0.717) is 5.56 Å². The predicted molar refractivity (Wildman–Crippen MR) is 90.0 cm³/mol. The summed E-state index contributed by atoms with van der Waals surface area (Å²) in [6.45, 7) is 4.91. The van der Waals surface area contributed by atoms with E-state index in [9.17, 15) is 4.39 Å². The molecule has 2 aromatic rings. The molecule has 0 spiro atoms. The second kappa shape index (κ2) is 6.68. The van der Waals surface area contributed by atoms with Gasteiger partial charge < -0.3 is 10.6 Å². The van der Waals surface area contributed by atoms with Crippen molar-refractivity contribution in [3.63, 3.8) is 0 Å². The maximum absolute atomic E-state index is 13.5. The zero-order valence-corrected chi connectivity index (χ0v) is 13.0. The lowest BCUT2D eigenvalue weighted by atomic mass is 10.1. The van der Waals surface area contributed by atoms with E-state index < -0.39 is 0 Å². The van der Waals surface area contributed by atoms with Gasteiger partial charge in [-0.3, -0.25) is 0 Å². The molecule has 0 aliphatic carbocycles. The molecular formula is C17H19FN2S. The summed E-state index contributed by atoms with van der Waals surface area (Å²) in [6, 6.07) is 15.0. The van der Waals surface area contributed by atoms with Crippen LogP contribution in [0.5, 0.6) is 0 Å². The van der Waals surface area contributed by atoms with Crippen LogP contribution >= 0.6 is 12.2 Å². The molecule has 0 unspecified atom stereocenters. The summed E-state index contributed by atoms with van der Waals surface area (Å²) in [4.78, 5) is 2.38. The van der Waals surface area contributed by atoms with Crippen LogP contribution in [0.4, 0.5) is 10.1 Å². The van der Waals surface area contributed by atoms with Crippen LogP contribution in [0.15, 0.2) is 48.5 Å². The smallest absolute Gasteiger partial charge is 0.124 e. The first kappa shape index (κ1) is 15.4. The van der Waals surface area contributed by atoms with Crippen LogP contribution in [0.25, 0.3) is 0 Å². The summed E-state index contributed by atoms with van der Waals surface area (Å²) in [5, 5.41) is 0. The Labute approximate surface area is 130 Å².